The first-order valence-electron chi connectivity index (χ1n) is 9.62. The number of piperidine rings is 1. The average molecular weight is 370 g/mol. The molecule has 2 aliphatic rings. The van der Waals surface area contributed by atoms with E-state index >= 15 is 0 Å². The van der Waals surface area contributed by atoms with Crippen LogP contribution in [-0.2, 0) is 16.6 Å². The first-order valence-corrected chi connectivity index (χ1v) is 11.2. The number of sulfonamides is 1. The van der Waals surface area contributed by atoms with Crippen LogP contribution in [0.4, 0.5) is 0 Å². The van der Waals surface area contributed by atoms with E-state index in [0.29, 0.717) is 13.1 Å². The van der Waals surface area contributed by atoms with Gasteiger partial charge < -0.3 is 0 Å². The molecule has 25 heavy (non-hydrogen) atoms. The zero-order chi connectivity index (χ0) is 17.9. The average Bonchev–Trinajstić information content (AvgIpc) is 3.25. The van der Waals surface area contributed by atoms with Gasteiger partial charge in [0.2, 0.25) is 10.0 Å². The molecule has 0 N–H and O–H groups in total. The predicted octanol–water partition coefficient (Wildman–Crippen LogP) is 1.89. The van der Waals surface area contributed by atoms with Crippen LogP contribution in [0, 0.1) is 5.92 Å². The highest BCUT2D eigenvalue weighted by molar-refractivity contribution is 7.89. The molecule has 0 saturated carbocycles. The monoisotopic (exact) mass is 369 g/mol. The smallest absolute Gasteiger partial charge is 0.213 e. The van der Waals surface area contributed by atoms with Gasteiger partial charge in [-0.1, -0.05) is 18.6 Å². The Hall–Kier alpha value is -0.990. The van der Waals surface area contributed by atoms with Crippen molar-refractivity contribution in [3.05, 3.63) is 11.9 Å². The molecule has 3 rings (SSSR count). The van der Waals surface area contributed by atoms with Crippen LogP contribution in [-0.4, -0.2) is 64.5 Å². The SMILES string of the molecule is CCC[C@@H]1CCN(Cc2cn(C3CCN(S(=O)(=O)CC)CC3)nn2)C1. The van der Waals surface area contributed by atoms with Gasteiger partial charge in [-0.3, -0.25) is 4.90 Å². The van der Waals surface area contributed by atoms with Crippen LogP contribution in [0.25, 0.3) is 0 Å². The van der Waals surface area contributed by atoms with Gasteiger partial charge >= 0.3 is 0 Å². The molecule has 2 aliphatic heterocycles. The Bertz CT molecular complexity index is 652. The van der Waals surface area contributed by atoms with E-state index in [9.17, 15) is 8.42 Å². The van der Waals surface area contributed by atoms with Gasteiger partial charge in [-0.2, -0.15) is 0 Å². The fourth-order valence-corrected chi connectivity index (χ4v) is 5.19. The largest absolute Gasteiger partial charge is 0.297 e. The van der Waals surface area contributed by atoms with Crippen molar-refractivity contribution >= 4 is 10.0 Å². The lowest BCUT2D eigenvalue weighted by Gasteiger charge is -2.30. The van der Waals surface area contributed by atoms with Crippen LogP contribution in [0.5, 0.6) is 0 Å². The van der Waals surface area contributed by atoms with Gasteiger partial charge in [-0.25, -0.2) is 17.4 Å². The quantitative estimate of drug-likeness (QED) is 0.734. The summed E-state index contributed by atoms with van der Waals surface area (Å²) in [6, 6.07) is 0.260. The molecule has 2 saturated heterocycles. The maximum atomic E-state index is 12.0. The zero-order valence-corrected chi connectivity index (χ0v) is 16.3. The Kier molecular flexibility index (Phi) is 6.12. The molecular formula is C17H31N5O2S. The van der Waals surface area contributed by atoms with Crippen molar-refractivity contribution in [1.82, 2.24) is 24.2 Å². The molecule has 0 aliphatic carbocycles. The lowest BCUT2D eigenvalue weighted by atomic mass is 10.0. The van der Waals surface area contributed by atoms with Gasteiger partial charge in [0, 0.05) is 26.2 Å². The van der Waals surface area contributed by atoms with Crippen molar-refractivity contribution in [2.45, 2.75) is 58.5 Å². The molecule has 0 unspecified atom stereocenters. The Morgan fingerprint density at radius 2 is 1.92 bits per heavy atom. The third-order valence-corrected chi connectivity index (χ3v) is 7.45. The number of nitrogens with zero attached hydrogens (tertiary/aromatic N) is 5. The summed E-state index contributed by atoms with van der Waals surface area (Å²) in [6.07, 6.45) is 7.56. The van der Waals surface area contributed by atoms with Crippen LogP contribution in [0.3, 0.4) is 0 Å². The first kappa shape index (κ1) is 18.8. The van der Waals surface area contributed by atoms with E-state index in [1.807, 2.05) is 4.68 Å². The molecule has 0 spiro atoms. The lowest BCUT2D eigenvalue weighted by molar-refractivity contribution is 0.258. The van der Waals surface area contributed by atoms with Crippen molar-refractivity contribution in [3.63, 3.8) is 0 Å². The number of aromatic nitrogens is 3. The molecule has 0 amide bonds. The minimum Gasteiger partial charge on any atom is -0.297 e. The van der Waals surface area contributed by atoms with Gasteiger partial charge in [-0.15, -0.1) is 5.10 Å². The second-order valence-electron chi connectivity index (χ2n) is 7.40. The number of hydrogen-bond acceptors (Lipinski definition) is 5. The molecule has 1 aromatic heterocycles. The molecule has 3 heterocycles. The molecule has 1 aromatic rings. The van der Waals surface area contributed by atoms with Crippen LogP contribution in [0.1, 0.15) is 57.7 Å². The van der Waals surface area contributed by atoms with E-state index in [1.165, 1.54) is 25.8 Å². The van der Waals surface area contributed by atoms with Crippen molar-refractivity contribution in [2.75, 3.05) is 31.9 Å². The van der Waals surface area contributed by atoms with E-state index in [2.05, 4.69) is 28.3 Å². The fourth-order valence-electron chi connectivity index (χ4n) is 4.06. The van der Waals surface area contributed by atoms with Gasteiger partial charge in [0.05, 0.1) is 23.7 Å². The highest BCUT2D eigenvalue weighted by Gasteiger charge is 2.28. The summed E-state index contributed by atoms with van der Waals surface area (Å²) in [5.41, 5.74) is 1.03. The minimum atomic E-state index is -3.07. The summed E-state index contributed by atoms with van der Waals surface area (Å²) in [5.74, 6) is 1.02. The Labute approximate surface area is 151 Å². The van der Waals surface area contributed by atoms with Gasteiger partial charge in [0.1, 0.15) is 0 Å². The van der Waals surface area contributed by atoms with E-state index in [4.69, 9.17) is 0 Å². The lowest BCUT2D eigenvalue weighted by Crippen LogP contribution is -2.39. The van der Waals surface area contributed by atoms with Crippen LogP contribution in [0.15, 0.2) is 6.20 Å². The first-order chi connectivity index (χ1) is 12.0. The molecule has 1 atom stereocenters. The molecule has 2 fully saturated rings. The van der Waals surface area contributed by atoms with E-state index in [-0.39, 0.29) is 11.8 Å². The van der Waals surface area contributed by atoms with E-state index in [1.54, 1.807) is 11.2 Å². The third kappa shape index (κ3) is 4.60. The topological polar surface area (TPSA) is 71.3 Å². The molecule has 0 radical (unpaired) electrons. The van der Waals surface area contributed by atoms with Crippen molar-refractivity contribution < 1.29 is 8.42 Å². The van der Waals surface area contributed by atoms with Crippen LogP contribution in [0.2, 0.25) is 0 Å². The maximum Gasteiger partial charge on any atom is 0.213 e. The normalized spacial score (nSPS) is 24.2. The Morgan fingerprint density at radius 1 is 1.16 bits per heavy atom. The second kappa shape index (κ2) is 8.14. The minimum absolute atomic E-state index is 0.181. The number of likely N-dealkylation sites (tertiary alicyclic amines) is 1. The summed E-state index contributed by atoms with van der Waals surface area (Å²) >= 11 is 0. The zero-order valence-electron chi connectivity index (χ0n) is 15.5. The molecule has 0 bridgehead atoms. The van der Waals surface area contributed by atoms with E-state index < -0.39 is 10.0 Å². The van der Waals surface area contributed by atoms with E-state index in [0.717, 1.165) is 37.5 Å². The molecule has 7 nitrogen and oxygen atoms in total. The highest BCUT2D eigenvalue weighted by Crippen LogP contribution is 2.25. The number of hydrogen-bond donors (Lipinski definition) is 0. The Balaban J connectivity index is 1.51. The molecule has 142 valence electrons. The fraction of sp³-hybridized carbons (Fsp3) is 0.882. The Morgan fingerprint density at radius 3 is 2.60 bits per heavy atom. The molecule has 8 heteroatoms. The van der Waals surface area contributed by atoms with Crippen LogP contribution < -0.4 is 0 Å². The van der Waals surface area contributed by atoms with Crippen LogP contribution >= 0.6 is 0 Å². The third-order valence-electron chi connectivity index (χ3n) is 5.57. The van der Waals surface area contributed by atoms with Crippen molar-refractivity contribution in [2.24, 2.45) is 5.92 Å². The second-order valence-corrected chi connectivity index (χ2v) is 9.66. The summed E-state index contributed by atoms with van der Waals surface area (Å²) < 4.78 is 27.5. The van der Waals surface area contributed by atoms with Crippen molar-refractivity contribution in [3.8, 4) is 0 Å². The van der Waals surface area contributed by atoms with Gasteiger partial charge in [0.15, 0.2) is 0 Å². The standard InChI is InChI=1S/C17H31N5O2S/c1-3-5-15-6-9-20(12-15)13-16-14-22(19-18-16)17-7-10-21(11-8-17)25(23,24)4-2/h14-15,17H,3-13H2,1-2H3/t15-/m1/s1. The summed E-state index contributed by atoms with van der Waals surface area (Å²) in [5, 5.41) is 8.67. The van der Waals surface area contributed by atoms with Crippen molar-refractivity contribution in [1.29, 1.82) is 0 Å². The highest BCUT2D eigenvalue weighted by atomic mass is 32.2. The molecular weight excluding hydrogens is 338 g/mol. The summed E-state index contributed by atoms with van der Waals surface area (Å²) in [4.78, 5) is 2.48. The van der Waals surface area contributed by atoms with Gasteiger partial charge in [0.25, 0.3) is 0 Å². The summed E-state index contributed by atoms with van der Waals surface area (Å²) in [6.45, 7) is 8.34. The summed E-state index contributed by atoms with van der Waals surface area (Å²) in [7, 11) is -3.07. The maximum absolute atomic E-state index is 12.0. The predicted molar refractivity (Wildman–Crippen MR) is 97.6 cm³/mol. The number of rotatable bonds is 7. The molecule has 0 aromatic carbocycles. The van der Waals surface area contributed by atoms with Gasteiger partial charge in [-0.05, 0) is 45.1 Å².